The van der Waals surface area contributed by atoms with Crippen molar-refractivity contribution >= 4 is 22.7 Å². The van der Waals surface area contributed by atoms with Gasteiger partial charge in [0, 0.05) is 50.2 Å². The third-order valence-corrected chi connectivity index (χ3v) is 4.74. The van der Waals surface area contributed by atoms with E-state index in [4.69, 9.17) is 10.5 Å². The average Bonchev–Trinajstić information content (AvgIpc) is 3.32. The number of nitrogens with two attached hydrogens (primary N) is 1. The largest absolute Gasteiger partial charge is 0.379 e. The zero-order chi connectivity index (χ0) is 18.5. The van der Waals surface area contributed by atoms with Crippen LogP contribution in [0.15, 0.2) is 30.9 Å². The van der Waals surface area contributed by atoms with Gasteiger partial charge >= 0.3 is 0 Å². The lowest BCUT2D eigenvalue weighted by molar-refractivity contribution is 0.0360. The summed E-state index contributed by atoms with van der Waals surface area (Å²) in [6, 6.07) is 2.03. The van der Waals surface area contributed by atoms with Crippen molar-refractivity contribution < 1.29 is 4.74 Å². The summed E-state index contributed by atoms with van der Waals surface area (Å²) >= 11 is 0. The lowest BCUT2D eigenvalue weighted by atomic mass is 10.4. The van der Waals surface area contributed by atoms with Crippen molar-refractivity contribution in [2.45, 2.75) is 19.5 Å². The van der Waals surface area contributed by atoms with Crippen molar-refractivity contribution in [2.24, 2.45) is 5.73 Å². The molecule has 4 heterocycles. The molecule has 0 saturated carbocycles. The van der Waals surface area contributed by atoms with E-state index in [1.807, 2.05) is 29.3 Å². The Morgan fingerprint density at radius 1 is 1.15 bits per heavy atom. The van der Waals surface area contributed by atoms with Gasteiger partial charge in [0.15, 0.2) is 0 Å². The summed E-state index contributed by atoms with van der Waals surface area (Å²) in [5, 5.41) is 8.71. The van der Waals surface area contributed by atoms with Crippen LogP contribution in [-0.4, -0.2) is 68.6 Å². The number of aromatic nitrogens is 5. The number of anilines is 2. The molecule has 144 valence electrons. The number of hydrogen-bond donors (Lipinski definition) is 2. The highest BCUT2D eigenvalue weighted by molar-refractivity contribution is 5.76. The quantitative estimate of drug-likeness (QED) is 0.611. The fourth-order valence-electron chi connectivity index (χ4n) is 3.22. The van der Waals surface area contributed by atoms with Crippen LogP contribution in [0, 0.1) is 0 Å². The summed E-state index contributed by atoms with van der Waals surface area (Å²) in [6.07, 6.45) is 8.59. The van der Waals surface area contributed by atoms with E-state index in [2.05, 4.69) is 29.9 Å². The highest BCUT2D eigenvalue weighted by Gasteiger charge is 2.11. The van der Waals surface area contributed by atoms with Crippen LogP contribution < -0.4 is 11.1 Å². The standard InChI is InChI=1S/C18H26N8O/c19-3-1-4-25-5-2-15-12-20-18(23-17(15)25)22-16-13-21-26(14-16)7-6-24-8-10-27-11-9-24/h2,5,12-14H,1,3-4,6-11,19H2,(H,20,22,23). The van der Waals surface area contributed by atoms with Crippen molar-refractivity contribution in [2.75, 3.05) is 44.7 Å². The molecule has 27 heavy (non-hydrogen) atoms. The molecule has 3 aromatic heterocycles. The van der Waals surface area contributed by atoms with Crippen LogP contribution in [0.2, 0.25) is 0 Å². The fourth-order valence-corrected chi connectivity index (χ4v) is 3.22. The topological polar surface area (TPSA) is 99.0 Å². The summed E-state index contributed by atoms with van der Waals surface area (Å²) in [5.74, 6) is 0.572. The molecule has 0 aromatic carbocycles. The minimum Gasteiger partial charge on any atom is -0.379 e. The summed E-state index contributed by atoms with van der Waals surface area (Å²) in [4.78, 5) is 11.5. The molecule has 1 saturated heterocycles. The molecule has 0 unspecified atom stereocenters. The van der Waals surface area contributed by atoms with E-state index >= 15 is 0 Å². The second kappa shape index (κ2) is 8.47. The number of hydrogen-bond acceptors (Lipinski definition) is 7. The van der Waals surface area contributed by atoms with Crippen molar-refractivity contribution in [1.29, 1.82) is 0 Å². The molecule has 0 amide bonds. The normalized spacial score (nSPS) is 15.4. The molecule has 0 bridgehead atoms. The zero-order valence-electron chi connectivity index (χ0n) is 15.4. The molecular weight excluding hydrogens is 344 g/mol. The van der Waals surface area contributed by atoms with Crippen LogP contribution in [-0.2, 0) is 17.8 Å². The first kappa shape index (κ1) is 17.9. The Morgan fingerprint density at radius 3 is 2.89 bits per heavy atom. The predicted molar refractivity (Wildman–Crippen MR) is 104 cm³/mol. The molecule has 0 atom stereocenters. The number of ether oxygens (including phenoxy) is 1. The van der Waals surface area contributed by atoms with E-state index in [0.29, 0.717) is 12.5 Å². The van der Waals surface area contributed by atoms with Gasteiger partial charge in [-0.2, -0.15) is 10.1 Å². The number of rotatable bonds is 8. The molecule has 0 radical (unpaired) electrons. The van der Waals surface area contributed by atoms with E-state index in [0.717, 1.165) is 69.1 Å². The molecule has 9 nitrogen and oxygen atoms in total. The van der Waals surface area contributed by atoms with Crippen LogP contribution in [0.1, 0.15) is 6.42 Å². The van der Waals surface area contributed by atoms with Gasteiger partial charge in [-0.05, 0) is 19.0 Å². The second-order valence-electron chi connectivity index (χ2n) is 6.70. The number of nitrogens with one attached hydrogen (secondary N) is 1. The summed E-state index contributed by atoms with van der Waals surface area (Å²) in [5.41, 5.74) is 7.42. The van der Waals surface area contributed by atoms with Crippen LogP contribution >= 0.6 is 0 Å². The maximum Gasteiger partial charge on any atom is 0.229 e. The molecule has 1 fully saturated rings. The Labute approximate surface area is 158 Å². The Morgan fingerprint density at radius 2 is 2.04 bits per heavy atom. The number of morpholine rings is 1. The van der Waals surface area contributed by atoms with Gasteiger partial charge in [-0.25, -0.2) is 4.98 Å². The minimum atomic E-state index is 0.572. The molecule has 3 aromatic rings. The SMILES string of the molecule is NCCCn1ccc2cnc(Nc3cnn(CCN4CCOCC4)c3)nc21. The third-order valence-electron chi connectivity index (χ3n) is 4.74. The van der Waals surface area contributed by atoms with Gasteiger partial charge in [0.25, 0.3) is 0 Å². The Bertz CT molecular complexity index is 867. The van der Waals surface area contributed by atoms with Gasteiger partial charge in [0.2, 0.25) is 5.95 Å². The maximum absolute atomic E-state index is 5.62. The molecule has 9 heteroatoms. The van der Waals surface area contributed by atoms with Gasteiger partial charge in [-0.15, -0.1) is 0 Å². The molecular formula is C18H26N8O. The Hall–Kier alpha value is -2.49. The van der Waals surface area contributed by atoms with Crippen molar-refractivity contribution in [3.8, 4) is 0 Å². The van der Waals surface area contributed by atoms with Gasteiger partial charge < -0.3 is 20.4 Å². The zero-order valence-corrected chi connectivity index (χ0v) is 15.4. The first-order chi connectivity index (χ1) is 13.3. The monoisotopic (exact) mass is 370 g/mol. The molecule has 0 spiro atoms. The lowest BCUT2D eigenvalue weighted by Gasteiger charge is -2.26. The van der Waals surface area contributed by atoms with Gasteiger partial charge in [-0.1, -0.05) is 0 Å². The highest BCUT2D eigenvalue weighted by atomic mass is 16.5. The van der Waals surface area contributed by atoms with Crippen LogP contribution in [0.4, 0.5) is 11.6 Å². The predicted octanol–water partition coefficient (Wildman–Crippen LogP) is 1.05. The van der Waals surface area contributed by atoms with Gasteiger partial charge in [-0.3, -0.25) is 9.58 Å². The van der Waals surface area contributed by atoms with Crippen molar-refractivity contribution in [3.63, 3.8) is 0 Å². The van der Waals surface area contributed by atoms with Crippen LogP contribution in [0.3, 0.4) is 0 Å². The fraction of sp³-hybridized carbons (Fsp3) is 0.500. The average molecular weight is 370 g/mol. The first-order valence-electron chi connectivity index (χ1n) is 9.43. The summed E-state index contributed by atoms with van der Waals surface area (Å²) < 4.78 is 9.44. The number of fused-ring (bicyclic) bond motifs is 1. The van der Waals surface area contributed by atoms with E-state index in [1.54, 1.807) is 6.20 Å². The third kappa shape index (κ3) is 4.44. The van der Waals surface area contributed by atoms with Crippen molar-refractivity contribution in [3.05, 3.63) is 30.9 Å². The highest BCUT2D eigenvalue weighted by Crippen LogP contribution is 2.17. The smallest absolute Gasteiger partial charge is 0.229 e. The van der Waals surface area contributed by atoms with E-state index in [1.165, 1.54) is 0 Å². The number of nitrogens with zero attached hydrogens (tertiary/aromatic N) is 6. The lowest BCUT2D eigenvalue weighted by Crippen LogP contribution is -2.38. The number of aryl methyl sites for hydroxylation is 1. The second-order valence-corrected chi connectivity index (χ2v) is 6.70. The molecule has 4 rings (SSSR count). The van der Waals surface area contributed by atoms with E-state index < -0.39 is 0 Å². The molecule has 1 aliphatic rings. The first-order valence-corrected chi connectivity index (χ1v) is 9.43. The molecule has 3 N–H and O–H groups in total. The summed E-state index contributed by atoms with van der Waals surface area (Å²) in [6.45, 7) is 6.96. The van der Waals surface area contributed by atoms with Crippen LogP contribution in [0.5, 0.6) is 0 Å². The van der Waals surface area contributed by atoms with Gasteiger partial charge in [0.1, 0.15) is 5.65 Å². The molecule has 0 aliphatic carbocycles. The van der Waals surface area contributed by atoms with Crippen molar-refractivity contribution in [1.82, 2.24) is 29.2 Å². The summed E-state index contributed by atoms with van der Waals surface area (Å²) in [7, 11) is 0. The van der Waals surface area contributed by atoms with E-state index in [9.17, 15) is 0 Å². The maximum atomic E-state index is 5.62. The van der Waals surface area contributed by atoms with Crippen LogP contribution in [0.25, 0.3) is 11.0 Å². The molecule has 1 aliphatic heterocycles. The van der Waals surface area contributed by atoms with Gasteiger partial charge in [0.05, 0.1) is 31.6 Å². The minimum absolute atomic E-state index is 0.572. The Kier molecular flexibility index (Phi) is 5.61. The van der Waals surface area contributed by atoms with E-state index in [-0.39, 0.29) is 0 Å². The Balaban J connectivity index is 1.39.